The fourth-order valence-corrected chi connectivity index (χ4v) is 3.49. The van der Waals surface area contributed by atoms with Crippen molar-refractivity contribution in [1.82, 2.24) is 10.2 Å². The third-order valence-corrected chi connectivity index (χ3v) is 5.07. The smallest absolute Gasteiger partial charge is 0.258 e. The summed E-state index contributed by atoms with van der Waals surface area (Å²) in [7, 11) is 4.00. The number of aromatic hydroxyl groups is 1. The van der Waals surface area contributed by atoms with Crippen molar-refractivity contribution in [3.05, 3.63) is 16.9 Å². The van der Waals surface area contributed by atoms with Crippen molar-refractivity contribution in [3.8, 4) is 5.75 Å². The summed E-state index contributed by atoms with van der Waals surface area (Å²) in [5.74, 6) is -4.23. The molecule has 128 valence electrons. The van der Waals surface area contributed by atoms with Crippen molar-refractivity contribution in [2.24, 2.45) is 0 Å². The van der Waals surface area contributed by atoms with Crippen LogP contribution in [0.1, 0.15) is 22.3 Å². The number of carbonyl (C=O) groups is 3. The number of phenols is 1. The number of phenolic OH excluding ortho intramolecular Hbond substituents is 1. The number of halogens is 1. The Labute approximate surface area is 144 Å². The molecular formula is C13H15B3FN3O5. The van der Waals surface area contributed by atoms with Crippen LogP contribution in [-0.2, 0) is 16.1 Å². The molecule has 1 saturated heterocycles. The van der Waals surface area contributed by atoms with Gasteiger partial charge in [-0.15, -0.1) is 0 Å². The molecule has 25 heavy (non-hydrogen) atoms. The Morgan fingerprint density at radius 2 is 1.84 bits per heavy atom. The first-order valence-corrected chi connectivity index (χ1v) is 7.61. The van der Waals surface area contributed by atoms with Crippen LogP contribution in [0.15, 0.2) is 0 Å². The lowest BCUT2D eigenvalue weighted by molar-refractivity contribution is -0.149. The molecule has 2 unspecified atom stereocenters. The predicted molar refractivity (Wildman–Crippen MR) is 93.1 cm³/mol. The minimum Gasteiger partial charge on any atom is -0.504 e. The van der Waals surface area contributed by atoms with Gasteiger partial charge in [0.25, 0.3) is 5.91 Å². The molecule has 2 aliphatic heterocycles. The molecule has 2 heterocycles. The van der Waals surface area contributed by atoms with Gasteiger partial charge < -0.3 is 20.8 Å². The predicted octanol–water partition coefficient (Wildman–Crippen LogP) is -4.97. The van der Waals surface area contributed by atoms with E-state index in [0.717, 1.165) is 4.90 Å². The molecule has 12 heteroatoms. The highest BCUT2D eigenvalue weighted by Gasteiger charge is 2.55. The monoisotopic (exact) mass is 345 g/mol. The van der Waals surface area contributed by atoms with Gasteiger partial charge in [0.05, 0.1) is 11.0 Å². The number of benzene rings is 1. The minimum atomic E-state index is -1.87. The molecule has 3 rings (SSSR count). The van der Waals surface area contributed by atoms with E-state index in [-0.39, 0.29) is 35.2 Å². The summed E-state index contributed by atoms with van der Waals surface area (Å²) in [6, 6.07) is 0. The van der Waals surface area contributed by atoms with Crippen LogP contribution in [0, 0.1) is 5.82 Å². The maximum Gasteiger partial charge on any atom is 0.258 e. The second-order valence-corrected chi connectivity index (χ2v) is 6.95. The maximum atomic E-state index is 14.1. The van der Waals surface area contributed by atoms with Crippen molar-refractivity contribution < 1.29 is 29.0 Å². The number of aliphatic hydroxyl groups is 1. The molecule has 0 saturated carbocycles. The number of nitrogens with two attached hydrogens (primary N) is 1. The van der Waals surface area contributed by atoms with Crippen LogP contribution in [0.4, 0.5) is 10.1 Å². The molecule has 0 radical (unpaired) electrons. The van der Waals surface area contributed by atoms with Crippen LogP contribution in [0.5, 0.6) is 5.75 Å². The molecule has 0 aromatic heterocycles. The molecule has 3 amide bonds. The van der Waals surface area contributed by atoms with Crippen LogP contribution >= 0.6 is 0 Å². The summed E-state index contributed by atoms with van der Waals surface area (Å²) in [5.41, 5.74) is 2.37. The molecule has 5 N–H and O–H groups in total. The number of nitrogens with zero attached hydrogens (tertiary/aromatic N) is 1. The molecule has 1 aromatic rings. The Bertz CT molecular complexity index is 862. The number of hydrogen-bond acceptors (Lipinski definition) is 6. The second kappa shape index (κ2) is 5.01. The fraction of sp³-hybridized carbons (Fsp3) is 0.308. The second-order valence-electron chi connectivity index (χ2n) is 6.95. The number of anilines is 1. The van der Waals surface area contributed by atoms with Crippen LogP contribution in [0.25, 0.3) is 0 Å². The van der Waals surface area contributed by atoms with Gasteiger partial charge in [-0.1, -0.05) is 0 Å². The number of fused-ring (bicyclic) bond motifs is 1. The van der Waals surface area contributed by atoms with Gasteiger partial charge in [0.2, 0.25) is 11.8 Å². The van der Waals surface area contributed by atoms with Gasteiger partial charge in [-0.05, 0) is 5.46 Å². The van der Waals surface area contributed by atoms with E-state index in [0.29, 0.717) is 0 Å². The van der Waals surface area contributed by atoms with Crippen molar-refractivity contribution in [3.63, 3.8) is 0 Å². The van der Waals surface area contributed by atoms with E-state index >= 15 is 0 Å². The molecular weight excluding hydrogens is 330 g/mol. The summed E-state index contributed by atoms with van der Waals surface area (Å²) in [5, 5.41) is 22.3. The number of nitrogen functional groups attached to an aromatic ring is 1. The number of rotatable bonds is 1. The van der Waals surface area contributed by atoms with Crippen molar-refractivity contribution in [2.45, 2.75) is 23.9 Å². The van der Waals surface area contributed by atoms with E-state index in [1.807, 2.05) is 5.32 Å². The number of piperidine rings is 1. The first-order valence-electron chi connectivity index (χ1n) is 7.61. The molecule has 8 nitrogen and oxygen atoms in total. The Morgan fingerprint density at radius 3 is 2.44 bits per heavy atom. The average molecular weight is 345 g/mol. The van der Waals surface area contributed by atoms with E-state index in [2.05, 4.69) is 0 Å². The Hall–Kier alpha value is -2.49. The number of imide groups is 1. The molecule has 1 aromatic carbocycles. The average Bonchev–Trinajstić information content (AvgIpc) is 2.87. The topological polar surface area (TPSA) is 133 Å². The van der Waals surface area contributed by atoms with E-state index in [9.17, 15) is 29.0 Å². The molecule has 0 spiro atoms. The Balaban J connectivity index is 2.11. The fourth-order valence-electron chi connectivity index (χ4n) is 3.49. The lowest BCUT2D eigenvalue weighted by atomic mass is 9.60. The molecule has 2 aliphatic rings. The van der Waals surface area contributed by atoms with Crippen molar-refractivity contribution in [1.29, 1.82) is 0 Å². The number of amides is 3. The summed E-state index contributed by atoms with van der Waals surface area (Å²) >= 11 is 0. The van der Waals surface area contributed by atoms with Crippen molar-refractivity contribution in [2.75, 3.05) is 5.73 Å². The number of nitrogens with one attached hydrogen (secondary N) is 1. The SMILES string of the molecule is Bc1c(N)c2c(c(O)c1F)C(=O)N(C1(B)CC(B)(O)C(=O)NC1=O)C2. The van der Waals surface area contributed by atoms with Crippen LogP contribution in [0.3, 0.4) is 0 Å². The van der Waals surface area contributed by atoms with Crippen LogP contribution in [0.2, 0.25) is 0 Å². The highest BCUT2D eigenvalue weighted by molar-refractivity contribution is 6.39. The third-order valence-electron chi connectivity index (χ3n) is 5.07. The van der Waals surface area contributed by atoms with Gasteiger partial charge in [-0.2, -0.15) is 0 Å². The zero-order valence-electron chi connectivity index (χ0n) is 13.9. The lowest BCUT2D eigenvalue weighted by Crippen LogP contribution is -2.71. The van der Waals surface area contributed by atoms with Gasteiger partial charge in [0.15, 0.2) is 19.4 Å². The maximum absolute atomic E-state index is 14.1. The summed E-state index contributed by atoms with van der Waals surface area (Å²) in [6.45, 7) is -0.150. The summed E-state index contributed by atoms with van der Waals surface area (Å²) in [4.78, 5) is 38.0. The summed E-state index contributed by atoms with van der Waals surface area (Å²) in [6.07, 6.45) is -0.341. The Kier molecular flexibility index (Phi) is 3.47. The van der Waals surface area contributed by atoms with Gasteiger partial charge in [-0.3, -0.25) is 19.7 Å². The van der Waals surface area contributed by atoms with Crippen LogP contribution < -0.4 is 16.5 Å². The van der Waals surface area contributed by atoms with Crippen molar-refractivity contribution >= 4 is 52.4 Å². The largest absolute Gasteiger partial charge is 0.504 e. The molecule has 1 fully saturated rings. The highest BCUT2D eigenvalue weighted by Crippen LogP contribution is 2.40. The molecule has 0 bridgehead atoms. The molecule has 2 atom stereocenters. The van der Waals surface area contributed by atoms with Crippen LogP contribution in [-0.4, -0.2) is 67.3 Å². The van der Waals surface area contributed by atoms with Gasteiger partial charge in [0, 0.05) is 24.2 Å². The minimum absolute atomic E-state index is 0.00585. The Morgan fingerprint density at radius 1 is 1.24 bits per heavy atom. The lowest BCUT2D eigenvalue weighted by Gasteiger charge is -2.45. The van der Waals surface area contributed by atoms with E-state index in [4.69, 9.17) is 5.73 Å². The normalized spacial score (nSPS) is 28.9. The van der Waals surface area contributed by atoms with E-state index in [1.54, 1.807) is 0 Å². The zero-order valence-corrected chi connectivity index (χ0v) is 13.9. The quantitative estimate of drug-likeness (QED) is 0.174. The molecule has 0 aliphatic carbocycles. The standard InChI is InChI=1S/C13H15B3FN3O5/c14-5-6(17)8(21)4-3(7(5)18)1-20(9(4)22)12(15)2-13(16,25)11(24)19-10(12)23/h21,25H,1-2,14-16,18H2,(H,19,23,24). The number of carbonyl (C=O) groups excluding carboxylic acids is 3. The third kappa shape index (κ3) is 2.17. The first-order chi connectivity index (χ1) is 11.4. The zero-order chi connectivity index (χ0) is 18.9. The van der Waals surface area contributed by atoms with Gasteiger partial charge in [-0.25, -0.2) is 4.39 Å². The highest BCUT2D eigenvalue weighted by atomic mass is 19.1. The van der Waals surface area contributed by atoms with E-state index < -0.39 is 40.2 Å². The summed E-state index contributed by atoms with van der Waals surface area (Å²) < 4.78 is 14.1. The van der Waals surface area contributed by atoms with Gasteiger partial charge >= 0.3 is 0 Å². The number of hydrogen-bond donors (Lipinski definition) is 4. The van der Waals surface area contributed by atoms with E-state index in [1.165, 1.54) is 23.5 Å². The first kappa shape index (κ1) is 17.3. The van der Waals surface area contributed by atoms with Gasteiger partial charge in [0.1, 0.15) is 21.2 Å².